The van der Waals surface area contributed by atoms with E-state index < -0.39 is 0 Å². The molecule has 126 valence electrons. The van der Waals surface area contributed by atoms with Gasteiger partial charge < -0.3 is 10.6 Å². The van der Waals surface area contributed by atoms with Crippen LogP contribution in [0.25, 0.3) is 10.8 Å². The molecule has 0 aromatic heterocycles. The second-order valence-electron chi connectivity index (χ2n) is 5.10. The van der Waals surface area contributed by atoms with Gasteiger partial charge in [0.15, 0.2) is 5.96 Å². The fourth-order valence-corrected chi connectivity index (χ4v) is 3.31. The smallest absolute Gasteiger partial charge is 0.191 e. The third-order valence-corrected chi connectivity index (χ3v) is 4.72. The maximum absolute atomic E-state index is 5.97. The average molecular weight is 443 g/mol. The van der Waals surface area contributed by atoms with Crippen LogP contribution in [0.1, 0.15) is 19.4 Å². The Morgan fingerprint density at radius 2 is 1.78 bits per heavy atom. The van der Waals surface area contributed by atoms with Gasteiger partial charge in [0.1, 0.15) is 0 Å². The molecule has 0 fully saturated rings. The Hall–Kier alpha value is -0.950. The van der Waals surface area contributed by atoms with E-state index in [2.05, 4.69) is 66.2 Å². The van der Waals surface area contributed by atoms with E-state index >= 15 is 0 Å². The van der Waals surface area contributed by atoms with Crippen LogP contribution in [0.2, 0.25) is 0 Å². The molecule has 0 atom stereocenters. The molecule has 0 saturated heterocycles. The highest BCUT2D eigenvalue weighted by molar-refractivity contribution is 14.0. The number of benzene rings is 2. The number of thioether (sulfide) groups is 1. The molecule has 0 aliphatic rings. The second kappa shape index (κ2) is 10.8. The minimum Gasteiger partial charge on any atom is -0.370 e. The molecule has 0 spiro atoms. The molecule has 3 nitrogen and oxygen atoms in total. The molecule has 0 unspecified atom stereocenters. The lowest BCUT2D eigenvalue weighted by Crippen LogP contribution is -2.37. The van der Waals surface area contributed by atoms with Gasteiger partial charge in [0.05, 0.1) is 6.54 Å². The minimum absolute atomic E-state index is 0. The highest BCUT2D eigenvalue weighted by Gasteiger charge is 2.02. The molecule has 0 aliphatic carbocycles. The molecule has 0 radical (unpaired) electrons. The fourth-order valence-electron chi connectivity index (χ4n) is 2.47. The van der Waals surface area contributed by atoms with Gasteiger partial charge in [-0.1, -0.05) is 42.5 Å². The summed E-state index contributed by atoms with van der Waals surface area (Å²) in [6.45, 7) is 6.80. The molecule has 0 amide bonds. The monoisotopic (exact) mass is 443 g/mol. The van der Waals surface area contributed by atoms with Crippen molar-refractivity contribution >= 4 is 52.5 Å². The number of halogens is 1. The molecule has 0 heterocycles. The van der Waals surface area contributed by atoms with Crippen LogP contribution in [0.3, 0.4) is 0 Å². The first kappa shape index (κ1) is 20.1. The topological polar surface area (TPSA) is 41.6 Å². The van der Waals surface area contributed by atoms with Gasteiger partial charge in [-0.25, -0.2) is 0 Å². The zero-order chi connectivity index (χ0) is 15.8. The molecular formula is C18H26IN3S. The normalized spacial score (nSPS) is 11.3. The first-order chi connectivity index (χ1) is 10.8. The lowest BCUT2D eigenvalue weighted by Gasteiger charge is -2.19. The van der Waals surface area contributed by atoms with Crippen LogP contribution in [0.5, 0.6) is 0 Å². The zero-order valence-corrected chi connectivity index (χ0v) is 17.0. The van der Waals surface area contributed by atoms with Gasteiger partial charge >= 0.3 is 0 Å². The maximum Gasteiger partial charge on any atom is 0.191 e. The van der Waals surface area contributed by atoms with Gasteiger partial charge in [0.25, 0.3) is 0 Å². The summed E-state index contributed by atoms with van der Waals surface area (Å²) in [6.07, 6.45) is 0. The van der Waals surface area contributed by atoms with Gasteiger partial charge in [0.2, 0.25) is 0 Å². The van der Waals surface area contributed by atoms with Gasteiger partial charge in [0, 0.05) is 24.6 Å². The maximum atomic E-state index is 5.97. The first-order valence-electron chi connectivity index (χ1n) is 7.85. The second-order valence-corrected chi connectivity index (χ2v) is 6.21. The van der Waals surface area contributed by atoms with E-state index in [1.165, 1.54) is 16.3 Å². The highest BCUT2D eigenvalue weighted by atomic mass is 127. The van der Waals surface area contributed by atoms with Crippen molar-refractivity contribution in [2.75, 3.05) is 25.4 Å². The van der Waals surface area contributed by atoms with Gasteiger partial charge in [-0.05, 0) is 30.2 Å². The summed E-state index contributed by atoms with van der Waals surface area (Å²) in [5, 5.41) is 2.66. The summed E-state index contributed by atoms with van der Waals surface area (Å²) in [7, 11) is 0. The van der Waals surface area contributed by atoms with E-state index in [1.807, 2.05) is 11.8 Å². The predicted octanol–water partition coefficient (Wildman–Crippen LogP) is 4.35. The Morgan fingerprint density at radius 1 is 1.09 bits per heavy atom. The van der Waals surface area contributed by atoms with Gasteiger partial charge in [-0.2, -0.15) is 11.8 Å². The Morgan fingerprint density at radius 3 is 2.52 bits per heavy atom. The summed E-state index contributed by atoms with van der Waals surface area (Å²) < 4.78 is 0. The van der Waals surface area contributed by atoms with Crippen molar-refractivity contribution in [3.8, 4) is 0 Å². The summed E-state index contributed by atoms with van der Waals surface area (Å²) in [6, 6.07) is 15.1. The number of guanidine groups is 1. The molecule has 5 heteroatoms. The van der Waals surface area contributed by atoms with Crippen LogP contribution in [0, 0.1) is 0 Å². The molecule has 2 aromatic carbocycles. The minimum atomic E-state index is 0. The van der Waals surface area contributed by atoms with Crippen LogP contribution in [-0.2, 0) is 5.75 Å². The van der Waals surface area contributed by atoms with Crippen molar-refractivity contribution in [3.05, 3.63) is 48.0 Å². The standard InChI is InChI=1S/C18H25N3S.HI/c1-3-21(4-2)18(19)20-12-13-22-14-16-10-7-9-15-8-5-6-11-17(15)16;/h5-11H,3-4,12-14H2,1-2H3,(H2,19,20);1H. The lowest BCUT2D eigenvalue weighted by molar-refractivity contribution is 0.458. The first-order valence-corrected chi connectivity index (χ1v) is 9.01. The van der Waals surface area contributed by atoms with Crippen LogP contribution in [-0.4, -0.2) is 36.2 Å². The number of hydrogen-bond acceptors (Lipinski definition) is 2. The van der Waals surface area contributed by atoms with E-state index in [-0.39, 0.29) is 24.0 Å². The lowest BCUT2D eigenvalue weighted by atomic mass is 10.1. The number of nitrogens with two attached hydrogens (primary N) is 1. The third-order valence-electron chi connectivity index (χ3n) is 3.73. The molecule has 2 aromatic rings. The van der Waals surface area contributed by atoms with Crippen LogP contribution in [0.15, 0.2) is 47.5 Å². The van der Waals surface area contributed by atoms with E-state index in [1.54, 1.807) is 0 Å². The Labute approximate surface area is 160 Å². The molecule has 0 saturated carbocycles. The van der Waals surface area contributed by atoms with Crippen LogP contribution >= 0.6 is 35.7 Å². The van der Waals surface area contributed by atoms with Crippen LogP contribution in [0.4, 0.5) is 0 Å². The number of hydrogen-bond donors (Lipinski definition) is 1. The van der Waals surface area contributed by atoms with E-state index in [0.717, 1.165) is 31.1 Å². The number of aliphatic imine (C=N–C) groups is 1. The highest BCUT2D eigenvalue weighted by Crippen LogP contribution is 2.22. The predicted molar refractivity (Wildman–Crippen MR) is 115 cm³/mol. The number of nitrogens with zero attached hydrogens (tertiary/aromatic N) is 2. The van der Waals surface area contributed by atoms with Crippen molar-refractivity contribution in [1.29, 1.82) is 0 Å². The number of fused-ring (bicyclic) bond motifs is 1. The molecule has 0 aliphatic heterocycles. The summed E-state index contributed by atoms with van der Waals surface area (Å²) >= 11 is 1.91. The van der Waals surface area contributed by atoms with E-state index in [4.69, 9.17) is 5.73 Å². The molecule has 2 N–H and O–H groups in total. The largest absolute Gasteiger partial charge is 0.370 e. The molecule has 0 bridgehead atoms. The summed E-state index contributed by atoms with van der Waals surface area (Å²) in [5.41, 5.74) is 7.37. The molecule has 2 rings (SSSR count). The Balaban J connectivity index is 0.00000264. The average Bonchev–Trinajstić information content (AvgIpc) is 2.56. The van der Waals surface area contributed by atoms with Crippen molar-refractivity contribution in [1.82, 2.24) is 4.90 Å². The Bertz CT molecular complexity index is 621. The summed E-state index contributed by atoms with van der Waals surface area (Å²) in [4.78, 5) is 6.54. The van der Waals surface area contributed by atoms with Crippen LogP contribution < -0.4 is 5.73 Å². The quantitative estimate of drug-likeness (QED) is 0.300. The van der Waals surface area contributed by atoms with Crippen molar-refractivity contribution < 1.29 is 0 Å². The van der Waals surface area contributed by atoms with E-state index in [9.17, 15) is 0 Å². The van der Waals surface area contributed by atoms with Crippen molar-refractivity contribution in [3.63, 3.8) is 0 Å². The number of rotatable bonds is 7. The zero-order valence-electron chi connectivity index (χ0n) is 13.9. The third kappa shape index (κ3) is 5.88. The summed E-state index contributed by atoms with van der Waals surface area (Å²) in [5.74, 6) is 2.67. The molecular weight excluding hydrogens is 417 g/mol. The Kier molecular flexibility index (Phi) is 9.40. The van der Waals surface area contributed by atoms with Crippen molar-refractivity contribution in [2.45, 2.75) is 19.6 Å². The van der Waals surface area contributed by atoms with E-state index in [0.29, 0.717) is 5.96 Å². The molecule has 23 heavy (non-hydrogen) atoms. The van der Waals surface area contributed by atoms with Crippen molar-refractivity contribution in [2.24, 2.45) is 10.7 Å². The van der Waals surface area contributed by atoms with Gasteiger partial charge in [-0.15, -0.1) is 24.0 Å². The van der Waals surface area contributed by atoms with Gasteiger partial charge in [-0.3, -0.25) is 4.99 Å². The SMILES string of the molecule is CCN(CC)C(N)=NCCSCc1cccc2ccccc12.I. The fraction of sp³-hybridized carbons (Fsp3) is 0.389.